The van der Waals surface area contributed by atoms with Crippen LogP contribution in [0.1, 0.15) is 32.0 Å². The number of aromatic nitrogens is 4. The van der Waals surface area contributed by atoms with E-state index in [2.05, 4.69) is 58.0 Å². The van der Waals surface area contributed by atoms with Gasteiger partial charge < -0.3 is 10.1 Å². The zero-order valence-corrected chi connectivity index (χ0v) is 15.7. The van der Waals surface area contributed by atoms with Gasteiger partial charge in [-0.3, -0.25) is 4.79 Å². The molecule has 0 aliphatic carbocycles. The van der Waals surface area contributed by atoms with E-state index in [1.54, 1.807) is 4.52 Å². The molecule has 0 aliphatic heterocycles. The molecule has 0 fully saturated rings. The highest BCUT2D eigenvalue weighted by atomic mass is 16.5. The van der Waals surface area contributed by atoms with Gasteiger partial charge in [0.1, 0.15) is 12.4 Å². The molecule has 1 N–H and O–H groups in total. The van der Waals surface area contributed by atoms with Crippen LogP contribution in [-0.4, -0.2) is 39.2 Å². The number of fused-ring (bicyclic) bond motifs is 1. The van der Waals surface area contributed by atoms with Crippen molar-refractivity contribution in [3.63, 3.8) is 0 Å². The summed E-state index contributed by atoms with van der Waals surface area (Å²) in [6.45, 7) is 8.45. The van der Waals surface area contributed by atoms with Gasteiger partial charge in [-0.2, -0.15) is 9.50 Å². The van der Waals surface area contributed by atoms with Crippen molar-refractivity contribution in [2.75, 3.05) is 19.0 Å². The number of carbonyl (C=O) groups excluding carboxylic acids is 1. The van der Waals surface area contributed by atoms with Gasteiger partial charge in [0.25, 0.3) is 5.78 Å². The Bertz CT molecular complexity index is 939. The molecule has 1 aromatic carbocycles. The van der Waals surface area contributed by atoms with Crippen LogP contribution in [0.25, 0.3) is 17.2 Å². The molecule has 2 heterocycles. The Labute approximate surface area is 152 Å². The first-order chi connectivity index (χ1) is 12.3. The van der Waals surface area contributed by atoms with Crippen molar-refractivity contribution >= 4 is 17.6 Å². The maximum absolute atomic E-state index is 11.4. The van der Waals surface area contributed by atoms with Gasteiger partial charge >= 0.3 is 5.97 Å². The van der Waals surface area contributed by atoms with Gasteiger partial charge in [0, 0.05) is 17.3 Å². The molecule has 7 heteroatoms. The van der Waals surface area contributed by atoms with Crippen molar-refractivity contribution in [2.24, 2.45) is 0 Å². The summed E-state index contributed by atoms with van der Waals surface area (Å²) in [6, 6.07) is 10.0. The van der Waals surface area contributed by atoms with Crippen molar-refractivity contribution in [1.82, 2.24) is 19.6 Å². The van der Waals surface area contributed by atoms with Gasteiger partial charge in [0.15, 0.2) is 5.82 Å². The second kappa shape index (κ2) is 6.74. The molecule has 3 rings (SSSR count). The van der Waals surface area contributed by atoms with Crippen molar-refractivity contribution in [2.45, 2.75) is 33.1 Å². The van der Waals surface area contributed by atoms with Gasteiger partial charge in [-0.25, -0.2) is 4.98 Å². The van der Waals surface area contributed by atoms with E-state index in [1.807, 2.05) is 25.1 Å². The summed E-state index contributed by atoms with van der Waals surface area (Å²) < 4.78 is 6.27. The van der Waals surface area contributed by atoms with E-state index in [0.717, 1.165) is 11.3 Å². The molecule has 26 heavy (non-hydrogen) atoms. The lowest BCUT2D eigenvalue weighted by atomic mass is 9.87. The molecule has 0 spiro atoms. The minimum Gasteiger partial charge on any atom is -0.468 e. The zero-order valence-electron chi connectivity index (χ0n) is 15.7. The fourth-order valence-corrected chi connectivity index (χ4v) is 2.59. The van der Waals surface area contributed by atoms with E-state index in [0.29, 0.717) is 17.4 Å². The average molecular weight is 353 g/mol. The minimum atomic E-state index is -0.356. The molecule has 7 nitrogen and oxygen atoms in total. The van der Waals surface area contributed by atoms with Crippen LogP contribution in [0, 0.1) is 6.92 Å². The lowest BCUT2D eigenvalue weighted by molar-refractivity contribution is -0.138. The van der Waals surface area contributed by atoms with Crippen molar-refractivity contribution < 1.29 is 9.53 Å². The summed E-state index contributed by atoms with van der Waals surface area (Å²) >= 11 is 0. The van der Waals surface area contributed by atoms with Crippen LogP contribution in [0.15, 0.2) is 30.3 Å². The zero-order chi connectivity index (χ0) is 18.9. The molecule has 0 saturated heterocycles. The maximum atomic E-state index is 11.4. The number of rotatable bonds is 4. The first-order valence-corrected chi connectivity index (χ1v) is 8.44. The van der Waals surface area contributed by atoms with Crippen LogP contribution in [0.4, 0.5) is 5.82 Å². The molecule has 0 amide bonds. The van der Waals surface area contributed by atoms with E-state index in [4.69, 9.17) is 0 Å². The Morgan fingerprint density at radius 1 is 1.19 bits per heavy atom. The maximum Gasteiger partial charge on any atom is 0.325 e. The molecule has 2 aromatic heterocycles. The quantitative estimate of drug-likeness (QED) is 0.726. The average Bonchev–Trinajstić information content (AvgIpc) is 3.02. The largest absolute Gasteiger partial charge is 0.468 e. The summed E-state index contributed by atoms with van der Waals surface area (Å²) in [4.78, 5) is 20.3. The Morgan fingerprint density at radius 2 is 1.88 bits per heavy atom. The third-order valence-corrected chi connectivity index (χ3v) is 4.09. The van der Waals surface area contributed by atoms with Crippen LogP contribution in [0.3, 0.4) is 0 Å². The lowest BCUT2D eigenvalue weighted by Gasteiger charge is -2.18. The molecule has 0 bridgehead atoms. The van der Waals surface area contributed by atoms with E-state index >= 15 is 0 Å². The van der Waals surface area contributed by atoms with Crippen LogP contribution < -0.4 is 5.32 Å². The predicted molar refractivity (Wildman–Crippen MR) is 100 cm³/mol. The molecule has 0 aliphatic rings. The Balaban J connectivity index is 1.97. The SMILES string of the molecule is COC(=O)CNc1cc(C)nc2nc(-c3ccc(C(C)(C)C)cc3)nn12. The van der Waals surface area contributed by atoms with Gasteiger partial charge in [0.05, 0.1) is 7.11 Å². The van der Waals surface area contributed by atoms with Crippen molar-refractivity contribution in [3.05, 3.63) is 41.6 Å². The summed E-state index contributed by atoms with van der Waals surface area (Å²) in [5.74, 6) is 1.35. The molecule has 3 aromatic rings. The van der Waals surface area contributed by atoms with Crippen LogP contribution in [0.5, 0.6) is 0 Å². The summed E-state index contributed by atoms with van der Waals surface area (Å²) in [5, 5.41) is 7.57. The fourth-order valence-electron chi connectivity index (χ4n) is 2.59. The van der Waals surface area contributed by atoms with E-state index in [1.165, 1.54) is 12.7 Å². The second-order valence-electron chi connectivity index (χ2n) is 7.19. The smallest absolute Gasteiger partial charge is 0.325 e. The number of esters is 1. The number of carbonyl (C=O) groups is 1. The van der Waals surface area contributed by atoms with Crippen LogP contribution >= 0.6 is 0 Å². The van der Waals surface area contributed by atoms with E-state index in [9.17, 15) is 4.79 Å². The van der Waals surface area contributed by atoms with Gasteiger partial charge in [-0.1, -0.05) is 45.0 Å². The fraction of sp³-hybridized carbons (Fsp3) is 0.368. The summed E-state index contributed by atoms with van der Waals surface area (Å²) in [7, 11) is 1.35. The lowest BCUT2D eigenvalue weighted by Crippen LogP contribution is -2.17. The van der Waals surface area contributed by atoms with E-state index < -0.39 is 0 Å². The number of hydrogen-bond acceptors (Lipinski definition) is 6. The van der Waals surface area contributed by atoms with Crippen molar-refractivity contribution in [1.29, 1.82) is 0 Å². The number of anilines is 1. The standard InChI is InChI=1S/C19H23N5O2/c1-12-10-15(20-11-16(25)26-5)24-18(21-12)22-17(23-24)13-6-8-14(9-7-13)19(2,3)4/h6-10,20H,11H2,1-5H3. The monoisotopic (exact) mass is 353 g/mol. The highest BCUT2D eigenvalue weighted by Crippen LogP contribution is 2.25. The summed E-state index contributed by atoms with van der Waals surface area (Å²) in [5.41, 5.74) is 3.04. The third kappa shape index (κ3) is 3.66. The predicted octanol–water partition coefficient (Wildman–Crippen LogP) is 2.98. The third-order valence-electron chi connectivity index (χ3n) is 4.09. The van der Waals surface area contributed by atoms with Gasteiger partial charge in [0.2, 0.25) is 0 Å². The number of hydrogen-bond donors (Lipinski definition) is 1. The van der Waals surface area contributed by atoms with Gasteiger partial charge in [-0.15, -0.1) is 5.10 Å². The Morgan fingerprint density at radius 3 is 2.50 bits per heavy atom. The minimum absolute atomic E-state index is 0.0462. The van der Waals surface area contributed by atoms with Gasteiger partial charge in [-0.05, 0) is 17.9 Å². The Kier molecular flexibility index (Phi) is 4.63. The highest BCUT2D eigenvalue weighted by molar-refractivity contribution is 5.74. The highest BCUT2D eigenvalue weighted by Gasteiger charge is 2.15. The van der Waals surface area contributed by atoms with E-state index in [-0.39, 0.29) is 17.9 Å². The normalized spacial score (nSPS) is 11.6. The number of methoxy groups -OCH3 is 1. The first kappa shape index (κ1) is 17.8. The number of aryl methyl sites for hydroxylation is 1. The van der Waals surface area contributed by atoms with Crippen LogP contribution in [-0.2, 0) is 14.9 Å². The first-order valence-electron chi connectivity index (χ1n) is 8.44. The molecular formula is C19H23N5O2. The molecule has 0 saturated carbocycles. The second-order valence-corrected chi connectivity index (χ2v) is 7.19. The topological polar surface area (TPSA) is 81.4 Å². The summed E-state index contributed by atoms with van der Waals surface area (Å²) in [6.07, 6.45) is 0. The number of nitrogens with zero attached hydrogens (tertiary/aromatic N) is 4. The molecule has 136 valence electrons. The molecule has 0 radical (unpaired) electrons. The number of ether oxygens (including phenoxy) is 1. The Hall–Kier alpha value is -2.96. The van der Waals surface area contributed by atoms with Crippen LogP contribution in [0.2, 0.25) is 0 Å². The van der Waals surface area contributed by atoms with Crippen molar-refractivity contribution in [3.8, 4) is 11.4 Å². The molecule has 0 unspecified atom stereocenters. The number of nitrogens with one attached hydrogen (secondary N) is 1. The molecule has 0 atom stereocenters. The number of benzene rings is 1. The molecular weight excluding hydrogens is 330 g/mol.